The number of nitrogens with zero attached hydrogens (tertiary/aromatic N) is 1. The molecule has 0 aromatic heterocycles. The third-order valence-electron chi connectivity index (χ3n) is 1.91. The Labute approximate surface area is 76.7 Å². The Hall–Kier alpha value is -1.44. The van der Waals surface area contributed by atoms with Gasteiger partial charge in [-0.25, -0.2) is 0 Å². The molecule has 13 heavy (non-hydrogen) atoms. The minimum absolute atomic E-state index is 0.0290. The minimum atomic E-state index is -0.0290. The second-order valence-corrected chi connectivity index (χ2v) is 2.84. The van der Waals surface area contributed by atoms with Crippen molar-refractivity contribution in [3.05, 3.63) is 45.7 Å². The largest absolute Gasteiger partial charge is 0.392 e. The lowest BCUT2D eigenvalue weighted by Gasteiger charge is -2.03. The SMILES string of the molecule is C/C1=C(\CO)C=C=C(N=O)/C=C\C1. The zero-order valence-electron chi connectivity index (χ0n) is 7.45. The first kappa shape index (κ1) is 9.65. The molecule has 0 aromatic rings. The van der Waals surface area contributed by atoms with Crippen LogP contribution < -0.4 is 0 Å². The van der Waals surface area contributed by atoms with Gasteiger partial charge in [0.15, 0.2) is 0 Å². The highest BCUT2D eigenvalue weighted by atomic mass is 16.3. The zero-order chi connectivity index (χ0) is 9.68. The van der Waals surface area contributed by atoms with Crippen LogP contribution in [0, 0.1) is 4.91 Å². The molecule has 0 bridgehead atoms. The summed E-state index contributed by atoms with van der Waals surface area (Å²) in [7, 11) is 0. The maximum absolute atomic E-state index is 10.2. The first-order valence-electron chi connectivity index (χ1n) is 4.04. The molecule has 1 rings (SSSR count). The molecule has 0 radical (unpaired) electrons. The van der Waals surface area contributed by atoms with Crippen molar-refractivity contribution in [1.82, 2.24) is 0 Å². The predicted octanol–water partition coefficient (Wildman–Crippen LogP) is 2.06. The van der Waals surface area contributed by atoms with Crippen molar-refractivity contribution < 1.29 is 5.11 Å². The van der Waals surface area contributed by atoms with E-state index in [2.05, 4.69) is 10.9 Å². The lowest BCUT2D eigenvalue weighted by Crippen LogP contribution is -1.92. The Morgan fingerprint density at radius 1 is 1.69 bits per heavy atom. The average molecular weight is 177 g/mol. The van der Waals surface area contributed by atoms with Gasteiger partial charge in [0.25, 0.3) is 0 Å². The van der Waals surface area contributed by atoms with Crippen molar-refractivity contribution in [3.63, 3.8) is 0 Å². The summed E-state index contributed by atoms with van der Waals surface area (Å²) in [6.07, 6.45) is 5.80. The summed E-state index contributed by atoms with van der Waals surface area (Å²) in [5, 5.41) is 11.7. The third kappa shape index (κ3) is 2.51. The maximum Gasteiger partial charge on any atom is 0.149 e. The van der Waals surface area contributed by atoms with Crippen LogP contribution in [0.15, 0.2) is 46.0 Å². The van der Waals surface area contributed by atoms with E-state index in [0.717, 1.165) is 17.6 Å². The van der Waals surface area contributed by atoms with Crippen molar-refractivity contribution in [2.45, 2.75) is 13.3 Å². The summed E-state index contributed by atoms with van der Waals surface area (Å²) >= 11 is 0. The average Bonchev–Trinajstić information content (AvgIpc) is 2.12. The van der Waals surface area contributed by atoms with Crippen LogP contribution in [0.25, 0.3) is 0 Å². The highest BCUT2D eigenvalue weighted by molar-refractivity contribution is 5.32. The fourth-order valence-electron chi connectivity index (χ4n) is 1.05. The van der Waals surface area contributed by atoms with E-state index < -0.39 is 0 Å². The molecule has 0 saturated carbocycles. The summed E-state index contributed by atoms with van der Waals surface area (Å²) in [6, 6.07) is 0. The van der Waals surface area contributed by atoms with E-state index >= 15 is 0 Å². The summed E-state index contributed by atoms with van der Waals surface area (Å²) in [5.41, 5.74) is 4.85. The molecule has 0 aromatic carbocycles. The lowest BCUT2D eigenvalue weighted by atomic mass is 10.1. The fourth-order valence-corrected chi connectivity index (χ4v) is 1.05. The van der Waals surface area contributed by atoms with E-state index in [9.17, 15) is 4.91 Å². The molecular formula is C10H11NO2. The van der Waals surface area contributed by atoms with Gasteiger partial charge >= 0.3 is 0 Å². The fraction of sp³-hybridized carbons (Fsp3) is 0.300. The number of nitroso groups, excluding NO2 is 1. The molecule has 0 spiro atoms. The quantitative estimate of drug-likeness (QED) is 0.518. The number of hydrogen-bond donors (Lipinski definition) is 1. The van der Waals surface area contributed by atoms with Gasteiger partial charge in [-0.15, -0.1) is 4.91 Å². The van der Waals surface area contributed by atoms with E-state index in [-0.39, 0.29) is 12.3 Å². The minimum Gasteiger partial charge on any atom is -0.392 e. The number of rotatable bonds is 2. The monoisotopic (exact) mass is 177 g/mol. The zero-order valence-corrected chi connectivity index (χ0v) is 7.45. The molecule has 0 atom stereocenters. The maximum atomic E-state index is 10.2. The molecule has 0 saturated heterocycles. The first-order chi connectivity index (χ1) is 6.27. The van der Waals surface area contributed by atoms with Crippen molar-refractivity contribution in [1.29, 1.82) is 0 Å². The Bertz CT molecular complexity index is 331. The van der Waals surface area contributed by atoms with Crippen molar-refractivity contribution >= 4 is 0 Å². The molecule has 0 heterocycles. The number of aliphatic hydroxyl groups is 1. The lowest BCUT2D eigenvalue weighted by molar-refractivity contribution is 0.333. The summed E-state index contributed by atoms with van der Waals surface area (Å²) < 4.78 is 0. The highest BCUT2D eigenvalue weighted by Crippen LogP contribution is 2.13. The van der Waals surface area contributed by atoms with Gasteiger partial charge < -0.3 is 5.11 Å². The molecule has 3 nitrogen and oxygen atoms in total. The summed E-state index contributed by atoms with van der Waals surface area (Å²) in [5.74, 6) is 0. The van der Waals surface area contributed by atoms with Crippen LogP contribution in [0.2, 0.25) is 0 Å². The van der Waals surface area contributed by atoms with Gasteiger partial charge in [0.05, 0.1) is 6.61 Å². The van der Waals surface area contributed by atoms with Crippen LogP contribution in [-0.2, 0) is 0 Å². The first-order valence-corrected chi connectivity index (χ1v) is 4.04. The molecular weight excluding hydrogens is 166 g/mol. The number of allylic oxidation sites excluding steroid dienone is 2. The predicted molar refractivity (Wildman–Crippen MR) is 50.9 cm³/mol. The second-order valence-electron chi connectivity index (χ2n) is 2.84. The molecule has 0 aliphatic heterocycles. The van der Waals surface area contributed by atoms with Gasteiger partial charge in [-0.1, -0.05) is 17.4 Å². The molecule has 1 aliphatic carbocycles. The Balaban J connectivity index is 3.10. The van der Waals surface area contributed by atoms with Gasteiger partial charge in [0.1, 0.15) is 5.70 Å². The molecule has 0 unspecified atom stereocenters. The Kier molecular flexibility index (Phi) is 3.38. The molecule has 1 N–H and O–H groups in total. The highest BCUT2D eigenvalue weighted by Gasteiger charge is 1.99. The molecule has 3 heteroatoms. The molecule has 68 valence electrons. The van der Waals surface area contributed by atoms with Crippen LogP contribution in [-0.4, -0.2) is 11.7 Å². The number of aliphatic hydroxyl groups excluding tert-OH is 1. The van der Waals surface area contributed by atoms with Crippen LogP contribution in [0.3, 0.4) is 0 Å². The van der Waals surface area contributed by atoms with Crippen LogP contribution in [0.4, 0.5) is 0 Å². The van der Waals surface area contributed by atoms with E-state index in [1.165, 1.54) is 0 Å². The van der Waals surface area contributed by atoms with Crippen LogP contribution in [0.1, 0.15) is 13.3 Å². The summed E-state index contributed by atoms with van der Waals surface area (Å²) in [4.78, 5) is 10.2. The van der Waals surface area contributed by atoms with Crippen molar-refractivity contribution in [2.24, 2.45) is 5.18 Å². The van der Waals surface area contributed by atoms with E-state index in [1.807, 2.05) is 13.0 Å². The third-order valence-corrected chi connectivity index (χ3v) is 1.91. The van der Waals surface area contributed by atoms with Gasteiger partial charge in [0, 0.05) is 0 Å². The second kappa shape index (κ2) is 4.55. The van der Waals surface area contributed by atoms with E-state index in [1.54, 1.807) is 12.2 Å². The van der Waals surface area contributed by atoms with E-state index in [0.29, 0.717) is 0 Å². The summed E-state index contributed by atoms with van der Waals surface area (Å²) in [6.45, 7) is 1.91. The van der Waals surface area contributed by atoms with Gasteiger partial charge in [-0.05, 0) is 36.2 Å². The molecule has 0 fully saturated rings. The Morgan fingerprint density at radius 2 is 2.46 bits per heavy atom. The molecule has 1 aliphatic rings. The standard InChI is InChI=1S/C10H11NO2/c1-8-3-2-4-10(11-13)6-5-9(8)7-12/h2,4-5,12H,3,7H2,1H3/b4-2-,9-8+. The van der Waals surface area contributed by atoms with Crippen molar-refractivity contribution in [2.75, 3.05) is 6.61 Å². The normalized spacial score (nSPS) is 24.6. The van der Waals surface area contributed by atoms with Gasteiger partial charge in [0.2, 0.25) is 0 Å². The number of hydrogen-bond acceptors (Lipinski definition) is 3. The Morgan fingerprint density at radius 3 is 3.08 bits per heavy atom. The molecule has 0 amide bonds. The van der Waals surface area contributed by atoms with Crippen molar-refractivity contribution in [3.8, 4) is 0 Å². The van der Waals surface area contributed by atoms with E-state index in [4.69, 9.17) is 5.11 Å². The van der Waals surface area contributed by atoms with Crippen LogP contribution in [0.5, 0.6) is 0 Å². The van der Waals surface area contributed by atoms with Crippen LogP contribution >= 0.6 is 0 Å². The van der Waals surface area contributed by atoms with Gasteiger partial charge in [-0.2, -0.15) is 0 Å². The topological polar surface area (TPSA) is 49.7 Å². The smallest absolute Gasteiger partial charge is 0.149 e. The van der Waals surface area contributed by atoms with Gasteiger partial charge in [-0.3, -0.25) is 0 Å².